The van der Waals surface area contributed by atoms with E-state index in [2.05, 4.69) is 76.5 Å². The highest BCUT2D eigenvalue weighted by Gasteiger charge is 2.39. The Hall–Kier alpha value is -3.26. The molecule has 166 valence electrons. The highest BCUT2D eigenvalue weighted by Crippen LogP contribution is 2.34. The van der Waals surface area contributed by atoms with Crippen LogP contribution in [0.4, 0.5) is 5.82 Å². The molecule has 5 rings (SSSR count). The summed E-state index contributed by atoms with van der Waals surface area (Å²) in [6.45, 7) is 9.08. The molecule has 8 nitrogen and oxygen atoms in total. The summed E-state index contributed by atoms with van der Waals surface area (Å²) in [4.78, 5) is 2.27. The number of H-pyrrole nitrogens is 1. The standard InChI is InChI=1S/C24H30N8/c1-23(2)13-16(14-24(3,4)30-23)31(5)21-10-8-19(27-28-21)17-7-9-20(32-12-6-11-26-32)18-15-25-29-22(17)18/h6-12,15-16,30H,13-14H2,1-5H3,(H,25,29). The minimum atomic E-state index is 0.0800. The number of fused-ring (bicyclic) bond motifs is 1. The van der Waals surface area contributed by atoms with E-state index in [0.717, 1.165) is 46.5 Å². The van der Waals surface area contributed by atoms with Crippen LogP contribution in [0.15, 0.2) is 48.9 Å². The Kier molecular flexibility index (Phi) is 4.78. The van der Waals surface area contributed by atoms with Crippen molar-refractivity contribution < 1.29 is 0 Å². The van der Waals surface area contributed by atoms with Gasteiger partial charge in [-0.2, -0.15) is 10.2 Å². The number of anilines is 1. The van der Waals surface area contributed by atoms with Crippen LogP contribution in [-0.4, -0.2) is 54.3 Å². The topological polar surface area (TPSA) is 87.6 Å². The highest BCUT2D eigenvalue weighted by atomic mass is 15.3. The minimum Gasteiger partial charge on any atom is -0.355 e. The fraction of sp³-hybridized carbons (Fsp3) is 0.417. The lowest BCUT2D eigenvalue weighted by atomic mass is 9.79. The van der Waals surface area contributed by atoms with Gasteiger partial charge in [-0.3, -0.25) is 5.10 Å². The summed E-state index contributed by atoms with van der Waals surface area (Å²) >= 11 is 0. The summed E-state index contributed by atoms with van der Waals surface area (Å²) in [7, 11) is 2.12. The van der Waals surface area contributed by atoms with Gasteiger partial charge in [-0.05, 0) is 70.9 Å². The van der Waals surface area contributed by atoms with Gasteiger partial charge in [0.15, 0.2) is 5.82 Å². The van der Waals surface area contributed by atoms with Crippen LogP contribution < -0.4 is 10.2 Å². The Balaban J connectivity index is 1.44. The maximum Gasteiger partial charge on any atom is 0.151 e. The maximum absolute atomic E-state index is 4.59. The first kappa shape index (κ1) is 20.6. The summed E-state index contributed by atoms with van der Waals surface area (Å²) in [5.41, 5.74) is 3.85. The molecule has 0 bridgehead atoms. The molecular formula is C24H30N8. The molecule has 8 heteroatoms. The molecule has 0 atom stereocenters. The minimum absolute atomic E-state index is 0.0800. The summed E-state index contributed by atoms with van der Waals surface area (Å²) in [5, 5.41) is 25.7. The van der Waals surface area contributed by atoms with Crippen molar-refractivity contribution >= 4 is 16.7 Å². The van der Waals surface area contributed by atoms with Gasteiger partial charge in [0, 0.05) is 47.5 Å². The predicted molar refractivity (Wildman–Crippen MR) is 127 cm³/mol. The molecule has 1 aliphatic heterocycles. The first-order chi connectivity index (χ1) is 15.2. The van der Waals surface area contributed by atoms with Gasteiger partial charge in [0.1, 0.15) is 0 Å². The van der Waals surface area contributed by atoms with E-state index < -0.39 is 0 Å². The molecule has 0 unspecified atom stereocenters. The zero-order chi connectivity index (χ0) is 22.5. The van der Waals surface area contributed by atoms with Crippen molar-refractivity contribution in [3.05, 3.63) is 48.9 Å². The first-order valence-electron chi connectivity index (χ1n) is 11.0. The molecule has 32 heavy (non-hydrogen) atoms. The number of hydrogen-bond donors (Lipinski definition) is 2. The van der Waals surface area contributed by atoms with E-state index >= 15 is 0 Å². The van der Waals surface area contributed by atoms with Crippen molar-refractivity contribution in [1.82, 2.24) is 35.5 Å². The van der Waals surface area contributed by atoms with Gasteiger partial charge in [-0.25, -0.2) is 4.68 Å². The Bertz CT molecular complexity index is 1200. The summed E-state index contributed by atoms with van der Waals surface area (Å²) in [5.74, 6) is 0.890. The fourth-order valence-electron chi connectivity index (χ4n) is 5.23. The van der Waals surface area contributed by atoms with Crippen LogP contribution in [0, 0.1) is 0 Å². The number of aromatic amines is 1. The van der Waals surface area contributed by atoms with Crippen LogP contribution in [0.5, 0.6) is 0 Å². The van der Waals surface area contributed by atoms with E-state index in [0.29, 0.717) is 6.04 Å². The number of rotatable bonds is 4. The lowest BCUT2D eigenvalue weighted by molar-refractivity contribution is 0.160. The quantitative estimate of drug-likeness (QED) is 0.510. The average Bonchev–Trinajstić information content (AvgIpc) is 3.43. The summed E-state index contributed by atoms with van der Waals surface area (Å²) in [6, 6.07) is 10.5. The largest absolute Gasteiger partial charge is 0.355 e. The zero-order valence-corrected chi connectivity index (χ0v) is 19.3. The smallest absolute Gasteiger partial charge is 0.151 e. The monoisotopic (exact) mass is 430 g/mol. The lowest BCUT2D eigenvalue weighted by Gasteiger charge is -2.49. The van der Waals surface area contributed by atoms with E-state index in [4.69, 9.17) is 0 Å². The molecule has 1 aromatic carbocycles. The van der Waals surface area contributed by atoms with Gasteiger partial charge < -0.3 is 10.2 Å². The van der Waals surface area contributed by atoms with Crippen LogP contribution in [0.1, 0.15) is 40.5 Å². The third-order valence-corrected chi connectivity index (χ3v) is 6.35. The van der Waals surface area contributed by atoms with Crippen molar-refractivity contribution in [3.8, 4) is 16.9 Å². The van der Waals surface area contributed by atoms with Crippen molar-refractivity contribution in [2.75, 3.05) is 11.9 Å². The normalized spacial score (nSPS) is 18.2. The number of piperidine rings is 1. The second-order valence-electron chi connectivity index (χ2n) is 10.1. The van der Waals surface area contributed by atoms with E-state index in [1.54, 1.807) is 6.20 Å². The third kappa shape index (κ3) is 3.75. The number of nitrogens with zero attached hydrogens (tertiary/aromatic N) is 6. The second kappa shape index (κ2) is 7.41. The number of hydrogen-bond acceptors (Lipinski definition) is 6. The van der Waals surface area contributed by atoms with Gasteiger partial charge in [0.2, 0.25) is 0 Å². The molecule has 2 N–H and O–H groups in total. The SMILES string of the molecule is CN(c1ccc(-c2ccc(-n3cccn3)c3cn[nH]c23)nn1)C1CC(C)(C)NC(C)(C)C1. The lowest BCUT2D eigenvalue weighted by Crippen LogP contribution is -2.62. The highest BCUT2D eigenvalue weighted by molar-refractivity contribution is 5.97. The molecule has 1 fully saturated rings. The molecule has 1 aliphatic rings. The molecule has 3 aromatic heterocycles. The van der Waals surface area contributed by atoms with Gasteiger partial charge in [0.05, 0.1) is 23.1 Å². The first-order valence-corrected chi connectivity index (χ1v) is 11.0. The molecule has 0 radical (unpaired) electrons. The molecule has 4 aromatic rings. The van der Waals surface area contributed by atoms with Crippen molar-refractivity contribution in [3.63, 3.8) is 0 Å². The van der Waals surface area contributed by atoms with Crippen LogP contribution >= 0.6 is 0 Å². The van der Waals surface area contributed by atoms with Gasteiger partial charge in [0.25, 0.3) is 0 Å². The van der Waals surface area contributed by atoms with Crippen molar-refractivity contribution in [2.24, 2.45) is 0 Å². The van der Waals surface area contributed by atoms with E-state index in [-0.39, 0.29) is 11.1 Å². The molecule has 4 heterocycles. The van der Waals surface area contributed by atoms with Crippen molar-refractivity contribution in [1.29, 1.82) is 0 Å². The van der Waals surface area contributed by atoms with Crippen LogP contribution in [-0.2, 0) is 0 Å². The Morgan fingerprint density at radius 3 is 2.47 bits per heavy atom. The Morgan fingerprint density at radius 1 is 1.03 bits per heavy atom. The average molecular weight is 431 g/mol. The van der Waals surface area contributed by atoms with Gasteiger partial charge >= 0.3 is 0 Å². The zero-order valence-electron chi connectivity index (χ0n) is 19.3. The molecule has 0 spiro atoms. The molecule has 1 saturated heterocycles. The Labute approximate surface area is 188 Å². The molecule has 0 aliphatic carbocycles. The molecular weight excluding hydrogens is 400 g/mol. The van der Waals surface area contributed by atoms with Crippen LogP contribution in [0.2, 0.25) is 0 Å². The number of nitrogens with one attached hydrogen (secondary N) is 2. The van der Waals surface area contributed by atoms with Gasteiger partial charge in [-0.1, -0.05) is 0 Å². The van der Waals surface area contributed by atoms with Crippen LogP contribution in [0.3, 0.4) is 0 Å². The predicted octanol–water partition coefficient (Wildman–Crippen LogP) is 3.95. The Morgan fingerprint density at radius 2 is 1.81 bits per heavy atom. The summed E-state index contributed by atoms with van der Waals surface area (Å²) < 4.78 is 1.84. The van der Waals surface area contributed by atoms with Crippen LogP contribution in [0.25, 0.3) is 27.8 Å². The molecule has 0 saturated carbocycles. The summed E-state index contributed by atoms with van der Waals surface area (Å²) in [6.07, 6.45) is 7.63. The van der Waals surface area contributed by atoms with E-state index in [1.165, 1.54) is 0 Å². The van der Waals surface area contributed by atoms with E-state index in [9.17, 15) is 0 Å². The second-order valence-corrected chi connectivity index (χ2v) is 10.1. The van der Waals surface area contributed by atoms with Gasteiger partial charge in [-0.15, -0.1) is 10.2 Å². The van der Waals surface area contributed by atoms with Crippen molar-refractivity contribution in [2.45, 2.75) is 57.7 Å². The molecule has 0 amide bonds. The number of benzene rings is 1. The maximum atomic E-state index is 4.59. The van der Waals surface area contributed by atoms with E-state index in [1.807, 2.05) is 41.3 Å². The fourth-order valence-corrected chi connectivity index (χ4v) is 5.23. The number of aromatic nitrogens is 6. The third-order valence-electron chi connectivity index (χ3n) is 6.35.